The standard InChI is InChI=1S/C28H23F4N5O3/c29-18-1-5-21(6-2-18)40-22-7-3-20(4-8-22)34-28(39)26-12-17(11-23-24(31)13-19(30)14-25(23)32)15-37(26)27(38)16-36-10-9-33-35-36/h1-10,13-14,17,26H,11-12,15-16H2,(H,34,39)/t17-,26+/m1/s1. The zero-order valence-corrected chi connectivity index (χ0v) is 20.9. The van der Waals surface area contributed by atoms with Crippen LogP contribution in [0.2, 0.25) is 0 Å². The van der Waals surface area contributed by atoms with E-state index in [4.69, 9.17) is 4.74 Å². The van der Waals surface area contributed by atoms with Crippen LogP contribution >= 0.6 is 0 Å². The van der Waals surface area contributed by atoms with E-state index in [-0.39, 0.29) is 37.3 Å². The van der Waals surface area contributed by atoms with Gasteiger partial charge in [0.15, 0.2) is 0 Å². The van der Waals surface area contributed by atoms with Gasteiger partial charge in [0.05, 0.1) is 6.20 Å². The third-order valence-electron chi connectivity index (χ3n) is 6.55. The number of hydrogen-bond donors (Lipinski definition) is 1. The zero-order valence-electron chi connectivity index (χ0n) is 20.9. The minimum absolute atomic E-state index is 0.0618. The van der Waals surface area contributed by atoms with Gasteiger partial charge in [-0.2, -0.15) is 0 Å². The first-order valence-electron chi connectivity index (χ1n) is 12.4. The van der Waals surface area contributed by atoms with Crippen molar-refractivity contribution >= 4 is 17.5 Å². The number of benzene rings is 3. The lowest BCUT2D eigenvalue weighted by atomic mass is 9.95. The molecule has 1 aromatic heterocycles. The van der Waals surface area contributed by atoms with Crippen LogP contribution in [0.3, 0.4) is 0 Å². The molecule has 0 aliphatic carbocycles. The van der Waals surface area contributed by atoms with Crippen molar-refractivity contribution < 1.29 is 31.9 Å². The number of likely N-dealkylation sites (tertiary alicyclic amines) is 1. The molecule has 206 valence electrons. The molecule has 0 radical (unpaired) electrons. The van der Waals surface area contributed by atoms with E-state index in [9.17, 15) is 27.2 Å². The summed E-state index contributed by atoms with van der Waals surface area (Å²) in [5.41, 5.74) is 0.132. The number of amides is 2. The number of carbonyl (C=O) groups is 2. The lowest BCUT2D eigenvalue weighted by Crippen LogP contribution is -2.44. The summed E-state index contributed by atoms with van der Waals surface area (Å²) in [4.78, 5) is 27.8. The second-order valence-electron chi connectivity index (χ2n) is 9.39. The van der Waals surface area contributed by atoms with E-state index in [2.05, 4.69) is 15.6 Å². The van der Waals surface area contributed by atoms with E-state index in [1.54, 1.807) is 24.3 Å². The van der Waals surface area contributed by atoms with Gasteiger partial charge in [-0.05, 0) is 67.3 Å². The van der Waals surface area contributed by atoms with Crippen molar-refractivity contribution in [3.8, 4) is 11.5 Å². The van der Waals surface area contributed by atoms with Gasteiger partial charge in [-0.1, -0.05) is 5.21 Å². The number of halogens is 4. The highest BCUT2D eigenvalue weighted by Crippen LogP contribution is 2.30. The van der Waals surface area contributed by atoms with Gasteiger partial charge in [0.25, 0.3) is 0 Å². The molecule has 2 heterocycles. The molecule has 5 rings (SSSR count). The predicted molar refractivity (Wildman–Crippen MR) is 135 cm³/mol. The van der Waals surface area contributed by atoms with Crippen LogP contribution in [0, 0.1) is 29.2 Å². The molecule has 1 N–H and O–H groups in total. The van der Waals surface area contributed by atoms with Gasteiger partial charge in [0, 0.05) is 36.1 Å². The number of nitrogens with zero attached hydrogens (tertiary/aromatic N) is 4. The molecule has 2 atom stereocenters. The van der Waals surface area contributed by atoms with Gasteiger partial charge < -0.3 is 15.0 Å². The number of ether oxygens (including phenoxy) is 1. The summed E-state index contributed by atoms with van der Waals surface area (Å²) in [6, 6.07) is 12.2. The minimum atomic E-state index is -1.03. The first-order valence-corrected chi connectivity index (χ1v) is 12.4. The molecule has 8 nitrogen and oxygen atoms in total. The normalized spacial score (nSPS) is 16.6. The number of anilines is 1. The summed E-state index contributed by atoms with van der Waals surface area (Å²) in [7, 11) is 0. The Labute approximate surface area is 226 Å². The van der Waals surface area contributed by atoms with Crippen molar-refractivity contribution in [1.82, 2.24) is 19.9 Å². The molecule has 0 spiro atoms. The van der Waals surface area contributed by atoms with Crippen LogP contribution in [0.5, 0.6) is 11.5 Å². The Morgan fingerprint density at radius 3 is 2.20 bits per heavy atom. The summed E-state index contributed by atoms with van der Waals surface area (Å²) in [6.07, 6.45) is 2.92. The van der Waals surface area contributed by atoms with Crippen LogP contribution in [0.15, 0.2) is 73.1 Å². The second kappa shape index (κ2) is 11.6. The van der Waals surface area contributed by atoms with Crippen LogP contribution in [0.25, 0.3) is 0 Å². The highest BCUT2D eigenvalue weighted by molar-refractivity contribution is 5.97. The van der Waals surface area contributed by atoms with E-state index >= 15 is 0 Å². The van der Waals surface area contributed by atoms with Crippen LogP contribution in [0.4, 0.5) is 23.2 Å². The van der Waals surface area contributed by atoms with Crippen molar-refractivity contribution in [1.29, 1.82) is 0 Å². The van der Waals surface area contributed by atoms with E-state index in [0.717, 1.165) is 0 Å². The summed E-state index contributed by atoms with van der Waals surface area (Å²) in [5, 5.41) is 10.2. The molecule has 12 heteroatoms. The smallest absolute Gasteiger partial charge is 0.247 e. The van der Waals surface area contributed by atoms with Gasteiger partial charge in [-0.15, -0.1) is 5.10 Å². The molecular formula is C28H23F4N5O3. The molecule has 3 aromatic carbocycles. The van der Waals surface area contributed by atoms with E-state index in [1.807, 2.05) is 0 Å². The average molecular weight is 554 g/mol. The maximum absolute atomic E-state index is 14.3. The average Bonchev–Trinajstić information content (AvgIpc) is 3.59. The van der Waals surface area contributed by atoms with Crippen LogP contribution < -0.4 is 10.1 Å². The van der Waals surface area contributed by atoms with Crippen molar-refractivity contribution in [3.05, 3.63) is 102 Å². The molecule has 4 aromatic rings. The quantitative estimate of drug-likeness (QED) is 0.319. The second-order valence-corrected chi connectivity index (χ2v) is 9.39. The first kappa shape index (κ1) is 26.9. The van der Waals surface area contributed by atoms with E-state index < -0.39 is 41.2 Å². The predicted octanol–water partition coefficient (Wildman–Crippen LogP) is 4.73. The van der Waals surface area contributed by atoms with Gasteiger partial charge in [0.1, 0.15) is 47.4 Å². The van der Waals surface area contributed by atoms with Gasteiger partial charge in [-0.3, -0.25) is 9.59 Å². The fraction of sp³-hybridized carbons (Fsp3) is 0.214. The summed E-state index contributed by atoms with van der Waals surface area (Å²) >= 11 is 0. The molecule has 40 heavy (non-hydrogen) atoms. The topological polar surface area (TPSA) is 89.4 Å². The molecule has 1 aliphatic heterocycles. The number of carbonyl (C=O) groups excluding carboxylic acids is 2. The van der Waals surface area contributed by atoms with Gasteiger partial charge in [-0.25, -0.2) is 22.2 Å². The Kier molecular flexibility index (Phi) is 7.76. The molecule has 1 aliphatic rings. The van der Waals surface area contributed by atoms with Crippen molar-refractivity contribution in [2.24, 2.45) is 5.92 Å². The molecule has 1 saturated heterocycles. The van der Waals surface area contributed by atoms with E-state index in [1.165, 1.54) is 46.2 Å². The molecule has 0 saturated carbocycles. The lowest BCUT2D eigenvalue weighted by molar-refractivity contribution is -0.137. The maximum atomic E-state index is 14.3. The highest BCUT2D eigenvalue weighted by Gasteiger charge is 2.40. The Morgan fingerprint density at radius 2 is 1.57 bits per heavy atom. The van der Waals surface area contributed by atoms with Crippen molar-refractivity contribution in [2.45, 2.75) is 25.4 Å². The molecule has 1 fully saturated rings. The number of hydrogen-bond acceptors (Lipinski definition) is 5. The Morgan fingerprint density at radius 1 is 0.925 bits per heavy atom. The number of aromatic nitrogens is 3. The lowest BCUT2D eigenvalue weighted by Gasteiger charge is -2.24. The number of nitrogens with one attached hydrogen (secondary N) is 1. The van der Waals surface area contributed by atoms with Crippen LogP contribution in [-0.2, 0) is 22.6 Å². The molecule has 0 bridgehead atoms. The van der Waals surface area contributed by atoms with E-state index in [0.29, 0.717) is 29.3 Å². The zero-order chi connectivity index (χ0) is 28.2. The first-order chi connectivity index (χ1) is 19.2. The molecule has 0 unspecified atom stereocenters. The maximum Gasteiger partial charge on any atom is 0.247 e. The monoisotopic (exact) mass is 553 g/mol. The Balaban J connectivity index is 1.29. The number of rotatable bonds is 8. The van der Waals surface area contributed by atoms with Crippen LogP contribution in [-0.4, -0.2) is 44.3 Å². The fourth-order valence-electron chi connectivity index (χ4n) is 4.67. The Hall–Kier alpha value is -4.74. The summed E-state index contributed by atoms with van der Waals surface area (Å²) < 4.78 is 62.1. The van der Waals surface area contributed by atoms with Crippen LogP contribution in [0.1, 0.15) is 12.0 Å². The minimum Gasteiger partial charge on any atom is -0.457 e. The van der Waals surface area contributed by atoms with Gasteiger partial charge >= 0.3 is 0 Å². The van der Waals surface area contributed by atoms with Gasteiger partial charge in [0.2, 0.25) is 11.8 Å². The molecule has 2 amide bonds. The SMILES string of the molecule is O=C(Nc1ccc(Oc2ccc(F)cc2)cc1)[C@@H]1C[C@@H](Cc2c(F)cc(F)cc2F)CN1C(=O)Cn1ccnn1. The van der Waals surface area contributed by atoms with Crippen molar-refractivity contribution in [3.63, 3.8) is 0 Å². The Bertz CT molecular complexity index is 1470. The fourth-order valence-corrected chi connectivity index (χ4v) is 4.67. The highest BCUT2D eigenvalue weighted by atomic mass is 19.1. The third kappa shape index (κ3) is 6.28. The van der Waals surface area contributed by atoms with Crippen molar-refractivity contribution in [2.75, 3.05) is 11.9 Å². The third-order valence-corrected chi connectivity index (χ3v) is 6.55. The summed E-state index contributed by atoms with van der Waals surface area (Å²) in [6.45, 7) is -0.114. The largest absolute Gasteiger partial charge is 0.457 e. The summed E-state index contributed by atoms with van der Waals surface area (Å²) in [5.74, 6) is -3.93. The molecular weight excluding hydrogens is 530 g/mol.